The van der Waals surface area contributed by atoms with Gasteiger partial charge in [0.25, 0.3) is 0 Å². The first-order valence-corrected chi connectivity index (χ1v) is 11.8. The minimum atomic E-state index is -0.638. The molecule has 4 heteroatoms. The molecular weight excluding hydrogens is 391 g/mol. The van der Waals surface area contributed by atoms with Crippen LogP contribution in [0, 0.1) is 5.82 Å². The van der Waals surface area contributed by atoms with E-state index in [9.17, 15) is 9.18 Å². The fourth-order valence-corrected chi connectivity index (χ4v) is 3.63. The molecule has 0 amide bonds. The van der Waals surface area contributed by atoms with E-state index in [0.717, 1.165) is 25.7 Å². The van der Waals surface area contributed by atoms with Crippen molar-refractivity contribution < 1.29 is 13.5 Å². The Morgan fingerprint density at radius 2 is 1.71 bits per heavy atom. The van der Waals surface area contributed by atoms with Gasteiger partial charge in [-0.1, -0.05) is 76.2 Å². The largest absolute Gasteiger partial charge is 0.490 e. The second-order valence-corrected chi connectivity index (χ2v) is 8.04. The molecule has 0 bridgehead atoms. The molecule has 0 spiro atoms. The highest BCUT2D eigenvalue weighted by Crippen LogP contribution is 2.25. The van der Waals surface area contributed by atoms with E-state index < -0.39 is 11.4 Å². The Hall–Kier alpha value is -2.36. The molecule has 1 aromatic carbocycles. The highest BCUT2D eigenvalue weighted by atomic mass is 19.1. The minimum absolute atomic E-state index is 0.0290. The Bertz CT molecular complexity index is 882. The summed E-state index contributed by atoms with van der Waals surface area (Å²) in [7, 11) is 0. The topological polar surface area (TPSA) is 39.4 Å². The van der Waals surface area contributed by atoms with Crippen LogP contribution in [0.25, 0.3) is 10.8 Å². The molecule has 3 nitrogen and oxygen atoms in total. The van der Waals surface area contributed by atoms with Gasteiger partial charge in [0.15, 0.2) is 11.6 Å². The standard InChI is InChI=1S/C27H37FO3/c1-3-5-7-9-11-12-13-15-17-23-21-22-18-19-24(26(28)25(22)27(29)31-23)30-20-16-14-10-8-6-4-2/h4,10,14,18-19,21H,2-3,5-9,11-13,15-17,20H2,1H3/b14-10+. The normalized spacial score (nSPS) is 11.4. The van der Waals surface area contributed by atoms with E-state index in [1.165, 1.54) is 38.5 Å². The van der Waals surface area contributed by atoms with Crippen molar-refractivity contribution in [1.29, 1.82) is 0 Å². The summed E-state index contributed by atoms with van der Waals surface area (Å²) in [6, 6.07) is 5.12. The first kappa shape index (κ1) is 24.9. The maximum atomic E-state index is 14.8. The van der Waals surface area contributed by atoms with Gasteiger partial charge in [-0.25, -0.2) is 9.18 Å². The predicted molar refractivity (Wildman–Crippen MR) is 127 cm³/mol. The van der Waals surface area contributed by atoms with E-state index in [4.69, 9.17) is 9.15 Å². The molecule has 1 aromatic heterocycles. The summed E-state index contributed by atoms with van der Waals surface area (Å²) < 4.78 is 25.7. The van der Waals surface area contributed by atoms with E-state index in [0.29, 0.717) is 30.6 Å². The van der Waals surface area contributed by atoms with Crippen molar-refractivity contribution >= 4 is 10.8 Å². The third-order valence-corrected chi connectivity index (χ3v) is 5.41. The zero-order valence-electron chi connectivity index (χ0n) is 19.0. The lowest BCUT2D eigenvalue weighted by atomic mass is 10.1. The number of hydrogen-bond donors (Lipinski definition) is 0. The minimum Gasteiger partial charge on any atom is -0.490 e. The number of benzene rings is 1. The van der Waals surface area contributed by atoms with Gasteiger partial charge in [-0.3, -0.25) is 0 Å². The maximum Gasteiger partial charge on any atom is 0.346 e. The third kappa shape index (κ3) is 8.72. The number of ether oxygens (including phenoxy) is 1. The Morgan fingerprint density at radius 1 is 1.00 bits per heavy atom. The first-order valence-electron chi connectivity index (χ1n) is 11.8. The van der Waals surface area contributed by atoms with E-state index in [1.54, 1.807) is 18.2 Å². The fraction of sp³-hybridized carbons (Fsp3) is 0.519. The zero-order chi connectivity index (χ0) is 22.3. The molecule has 31 heavy (non-hydrogen) atoms. The molecule has 0 atom stereocenters. The average Bonchev–Trinajstić information content (AvgIpc) is 2.76. The van der Waals surface area contributed by atoms with Crippen molar-refractivity contribution in [3.63, 3.8) is 0 Å². The maximum absolute atomic E-state index is 14.8. The van der Waals surface area contributed by atoms with Crippen LogP contribution in [0.4, 0.5) is 4.39 Å². The molecule has 0 N–H and O–H groups in total. The number of rotatable bonds is 16. The van der Waals surface area contributed by atoms with Crippen LogP contribution >= 0.6 is 0 Å². The van der Waals surface area contributed by atoms with Crippen molar-refractivity contribution in [3.8, 4) is 5.75 Å². The molecule has 0 fully saturated rings. The second-order valence-electron chi connectivity index (χ2n) is 8.04. The van der Waals surface area contributed by atoms with Gasteiger partial charge in [0.2, 0.25) is 0 Å². The Morgan fingerprint density at radius 3 is 2.45 bits per heavy atom. The van der Waals surface area contributed by atoms with Crippen LogP contribution in [-0.4, -0.2) is 6.61 Å². The van der Waals surface area contributed by atoms with Gasteiger partial charge in [0.05, 0.1) is 6.61 Å². The number of unbranched alkanes of at least 4 members (excludes halogenated alkanes) is 8. The van der Waals surface area contributed by atoms with E-state index in [2.05, 4.69) is 19.6 Å². The van der Waals surface area contributed by atoms with Gasteiger partial charge >= 0.3 is 5.63 Å². The number of allylic oxidation sites excluding steroid dienone is 2. The molecule has 2 aromatic rings. The van der Waals surface area contributed by atoms with Crippen LogP contribution < -0.4 is 10.4 Å². The first-order chi connectivity index (χ1) is 15.2. The number of hydrogen-bond acceptors (Lipinski definition) is 3. The Kier molecular flexibility index (Phi) is 11.7. The number of aryl methyl sites for hydroxylation is 1. The lowest BCUT2D eigenvalue weighted by Crippen LogP contribution is -2.07. The summed E-state index contributed by atoms with van der Waals surface area (Å²) in [5.74, 6) is 0.0804. The number of fused-ring (bicyclic) bond motifs is 1. The second kappa shape index (κ2) is 14.6. The Labute approximate surface area is 186 Å². The fourth-order valence-electron chi connectivity index (χ4n) is 3.63. The van der Waals surface area contributed by atoms with Crippen LogP contribution in [0.15, 0.2) is 52.2 Å². The van der Waals surface area contributed by atoms with Crippen LogP contribution in [-0.2, 0) is 6.42 Å². The van der Waals surface area contributed by atoms with Gasteiger partial charge < -0.3 is 9.15 Å². The lowest BCUT2D eigenvalue weighted by molar-refractivity contribution is 0.309. The van der Waals surface area contributed by atoms with Crippen molar-refractivity contribution in [2.24, 2.45) is 0 Å². The predicted octanol–water partition coefficient (Wildman–Crippen LogP) is 7.91. The molecule has 0 saturated carbocycles. The molecule has 0 unspecified atom stereocenters. The molecule has 1 heterocycles. The highest BCUT2D eigenvalue weighted by Gasteiger charge is 2.14. The van der Waals surface area contributed by atoms with Crippen LogP contribution in [0.2, 0.25) is 0 Å². The average molecular weight is 429 g/mol. The quantitative estimate of drug-likeness (QED) is 0.201. The van der Waals surface area contributed by atoms with Gasteiger partial charge in [-0.15, -0.1) is 6.58 Å². The molecule has 0 aliphatic heterocycles. The van der Waals surface area contributed by atoms with Crippen LogP contribution in [0.1, 0.15) is 83.3 Å². The zero-order valence-corrected chi connectivity index (χ0v) is 19.0. The molecule has 2 rings (SSSR count). The summed E-state index contributed by atoms with van der Waals surface area (Å²) in [6.07, 6.45) is 19.0. The molecule has 0 saturated heterocycles. The van der Waals surface area contributed by atoms with Gasteiger partial charge in [0.1, 0.15) is 11.1 Å². The van der Waals surface area contributed by atoms with E-state index in [1.807, 2.05) is 12.2 Å². The molecule has 0 radical (unpaired) electrons. The van der Waals surface area contributed by atoms with Gasteiger partial charge in [-0.05, 0) is 43.2 Å². The van der Waals surface area contributed by atoms with Crippen molar-refractivity contribution in [2.45, 2.75) is 84.0 Å². The van der Waals surface area contributed by atoms with E-state index in [-0.39, 0.29) is 11.1 Å². The SMILES string of the molecule is C=CCC/C=C/CCOc1ccc2cc(CCCCCCCCCC)oc(=O)c2c1F. The van der Waals surface area contributed by atoms with Crippen molar-refractivity contribution in [1.82, 2.24) is 0 Å². The summed E-state index contributed by atoms with van der Waals surface area (Å²) in [4.78, 5) is 12.4. The molecule has 170 valence electrons. The summed E-state index contributed by atoms with van der Waals surface area (Å²) in [6.45, 7) is 6.26. The smallest absolute Gasteiger partial charge is 0.346 e. The van der Waals surface area contributed by atoms with Crippen LogP contribution in [0.5, 0.6) is 5.75 Å². The third-order valence-electron chi connectivity index (χ3n) is 5.41. The summed E-state index contributed by atoms with van der Waals surface area (Å²) >= 11 is 0. The highest BCUT2D eigenvalue weighted by molar-refractivity contribution is 5.83. The van der Waals surface area contributed by atoms with E-state index >= 15 is 0 Å². The van der Waals surface area contributed by atoms with Gasteiger partial charge in [-0.2, -0.15) is 0 Å². The molecule has 0 aliphatic rings. The van der Waals surface area contributed by atoms with Crippen molar-refractivity contribution in [3.05, 3.63) is 65.0 Å². The lowest BCUT2D eigenvalue weighted by Gasteiger charge is -2.09. The molecule has 0 aliphatic carbocycles. The number of halogens is 1. The van der Waals surface area contributed by atoms with Gasteiger partial charge in [0, 0.05) is 6.42 Å². The molecular formula is C27H37FO3. The van der Waals surface area contributed by atoms with Crippen LogP contribution in [0.3, 0.4) is 0 Å². The van der Waals surface area contributed by atoms with Crippen molar-refractivity contribution in [2.75, 3.05) is 6.61 Å². The summed E-state index contributed by atoms with van der Waals surface area (Å²) in [5, 5.41) is 0.540. The Balaban J connectivity index is 1.87. The monoisotopic (exact) mass is 428 g/mol. The summed E-state index contributed by atoms with van der Waals surface area (Å²) in [5.41, 5.74) is -0.626.